The molecule has 0 amide bonds. The molecule has 2 aromatic carbocycles. The molecule has 5 heterocycles. The molecule has 4 aromatic heterocycles. The van der Waals surface area contributed by atoms with E-state index in [-0.39, 0.29) is 0 Å². The molecule has 1 fully saturated rings. The molecular weight excluding hydrogens is 624 g/mol. The number of nitrogens with zero attached hydrogens (tertiary/aromatic N) is 6. The van der Waals surface area contributed by atoms with Crippen LogP contribution >= 0.6 is 11.6 Å². The van der Waals surface area contributed by atoms with Crippen molar-refractivity contribution in [2.24, 2.45) is 0 Å². The Morgan fingerprint density at radius 2 is 1.42 bits per heavy atom. The highest BCUT2D eigenvalue weighted by Gasteiger charge is 2.18. The molecule has 1 aliphatic rings. The van der Waals surface area contributed by atoms with Crippen molar-refractivity contribution in [1.82, 2.24) is 24.5 Å². The number of aromatic nitrogens is 5. The summed E-state index contributed by atoms with van der Waals surface area (Å²) in [5.74, 6) is 9.44. The van der Waals surface area contributed by atoms with E-state index in [1.54, 1.807) is 12.5 Å². The van der Waals surface area contributed by atoms with Crippen molar-refractivity contribution in [3.8, 4) is 40.4 Å². The summed E-state index contributed by atoms with van der Waals surface area (Å²) in [7, 11) is 0. The van der Waals surface area contributed by atoms with Crippen LogP contribution in [0.1, 0.15) is 25.0 Å². The average Bonchev–Trinajstić information content (AvgIpc) is 3.53. The normalized spacial score (nSPS) is 12.4. The Kier molecular flexibility index (Phi) is 10.8. The Hall–Kier alpha value is -5.43. The SMILES string of the molecule is CCOc1ccc(-c2cc3cccnc3n2-c2cc(N3CCOCC3)ncn2)cc1.CCOc1ccc(C#Cc2cccnc2Cl)cc1. The third-order valence-electron chi connectivity index (χ3n) is 7.49. The average molecular weight is 659 g/mol. The van der Waals surface area contributed by atoms with E-state index in [9.17, 15) is 0 Å². The van der Waals surface area contributed by atoms with Crippen molar-refractivity contribution >= 4 is 28.5 Å². The highest BCUT2D eigenvalue weighted by Crippen LogP contribution is 2.31. The van der Waals surface area contributed by atoms with E-state index in [2.05, 4.69) is 65.5 Å². The van der Waals surface area contributed by atoms with E-state index in [1.807, 2.05) is 80.7 Å². The second-order valence-electron chi connectivity index (χ2n) is 10.6. The second kappa shape index (κ2) is 15.9. The van der Waals surface area contributed by atoms with Crippen LogP contribution in [-0.2, 0) is 4.74 Å². The lowest BCUT2D eigenvalue weighted by atomic mass is 10.1. The fourth-order valence-corrected chi connectivity index (χ4v) is 5.38. The number of rotatable bonds is 7. The number of hydrogen-bond donors (Lipinski definition) is 0. The van der Waals surface area contributed by atoms with Crippen molar-refractivity contribution in [1.29, 1.82) is 0 Å². The predicted molar refractivity (Wildman–Crippen MR) is 189 cm³/mol. The van der Waals surface area contributed by atoms with E-state index < -0.39 is 0 Å². The van der Waals surface area contributed by atoms with Crippen molar-refractivity contribution in [2.75, 3.05) is 44.4 Å². The lowest BCUT2D eigenvalue weighted by Gasteiger charge is -2.27. The molecule has 0 atom stereocenters. The summed E-state index contributed by atoms with van der Waals surface area (Å²) >= 11 is 5.92. The summed E-state index contributed by atoms with van der Waals surface area (Å²) in [6, 6.07) is 27.6. The van der Waals surface area contributed by atoms with Gasteiger partial charge in [-0.25, -0.2) is 19.9 Å². The Bertz CT molecular complexity index is 2010. The van der Waals surface area contributed by atoms with E-state index >= 15 is 0 Å². The van der Waals surface area contributed by atoms with Gasteiger partial charge in [0.2, 0.25) is 0 Å². The first kappa shape index (κ1) is 32.5. The van der Waals surface area contributed by atoms with Gasteiger partial charge in [-0.15, -0.1) is 0 Å². The monoisotopic (exact) mass is 658 g/mol. The van der Waals surface area contributed by atoms with Gasteiger partial charge in [-0.05, 0) is 98.3 Å². The van der Waals surface area contributed by atoms with Gasteiger partial charge in [0.15, 0.2) is 0 Å². The van der Waals surface area contributed by atoms with Crippen LogP contribution in [0, 0.1) is 11.8 Å². The number of fused-ring (bicyclic) bond motifs is 1. The molecule has 10 heteroatoms. The lowest BCUT2D eigenvalue weighted by Crippen LogP contribution is -2.36. The minimum Gasteiger partial charge on any atom is -0.494 e. The minimum atomic E-state index is 0.427. The molecule has 0 saturated carbocycles. The fourth-order valence-electron chi connectivity index (χ4n) is 5.21. The highest BCUT2D eigenvalue weighted by atomic mass is 35.5. The smallest absolute Gasteiger partial charge is 0.146 e. The highest BCUT2D eigenvalue weighted by molar-refractivity contribution is 6.30. The summed E-state index contributed by atoms with van der Waals surface area (Å²) in [4.78, 5) is 19.9. The van der Waals surface area contributed by atoms with Gasteiger partial charge in [0.05, 0.1) is 37.7 Å². The Balaban J connectivity index is 0.000000191. The molecule has 48 heavy (non-hydrogen) atoms. The van der Waals surface area contributed by atoms with Gasteiger partial charge >= 0.3 is 0 Å². The van der Waals surface area contributed by atoms with Crippen molar-refractivity contribution in [3.05, 3.63) is 120 Å². The lowest BCUT2D eigenvalue weighted by molar-refractivity contribution is 0.122. The summed E-state index contributed by atoms with van der Waals surface area (Å²) in [6.45, 7) is 8.33. The van der Waals surface area contributed by atoms with E-state index in [0.29, 0.717) is 31.6 Å². The molecule has 0 N–H and O–H groups in total. The van der Waals surface area contributed by atoms with Gasteiger partial charge in [0.1, 0.15) is 40.3 Å². The van der Waals surface area contributed by atoms with Gasteiger partial charge in [-0.3, -0.25) is 4.57 Å². The molecule has 0 unspecified atom stereocenters. The van der Waals surface area contributed by atoms with E-state index in [0.717, 1.165) is 69.6 Å². The van der Waals surface area contributed by atoms with Crippen LogP contribution in [0.4, 0.5) is 5.82 Å². The summed E-state index contributed by atoms with van der Waals surface area (Å²) in [6.07, 6.45) is 5.08. The maximum atomic E-state index is 5.92. The van der Waals surface area contributed by atoms with Crippen molar-refractivity contribution < 1.29 is 14.2 Å². The molecule has 242 valence electrons. The Labute approximate surface area is 285 Å². The van der Waals surface area contributed by atoms with Gasteiger partial charge < -0.3 is 19.1 Å². The molecular formula is C38H35ClN6O3. The van der Waals surface area contributed by atoms with Crippen LogP contribution < -0.4 is 14.4 Å². The second-order valence-corrected chi connectivity index (χ2v) is 11.0. The standard InChI is InChI=1S/C23H23N5O2.C15H12ClNO/c1-2-30-19-7-5-17(6-8-19)20-14-18-4-3-9-24-23(18)28(20)22-15-21(25-16-26-22)27-10-12-29-13-11-27;1-2-18-14-9-6-12(7-10-14)5-8-13-4-3-11-17-15(13)16/h3-9,14-16H,2,10-13H2,1H3;3-4,6-7,9-11H,2H2,1H3. The number of benzene rings is 2. The van der Waals surface area contributed by atoms with Crippen LogP contribution in [0.25, 0.3) is 28.1 Å². The van der Waals surface area contributed by atoms with Gasteiger partial charge in [-0.2, -0.15) is 0 Å². The number of hydrogen-bond acceptors (Lipinski definition) is 8. The molecule has 9 nitrogen and oxygen atoms in total. The predicted octanol–water partition coefficient (Wildman–Crippen LogP) is 7.25. The van der Waals surface area contributed by atoms with Crippen LogP contribution in [0.3, 0.4) is 0 Å². The third kappa shape index (κ3) is 7.92. The number of pyridine rings is 2. The van der Waals surface area contributed by atoms with E-state index in [1.165, 1.54) is 0 Å². The Morgan fingerprint density at radius 1 is 0.750 bits per heavy atom. The first-order valence-electron chi connectivity index (χ1n) is 15.8. The molecule has 0 bridgehead atoms. The maximum absolute atomic E-state index is 5.92. The Morgan fingerprint density at radius 3 is 2.12 bits per heavy atom. The van der Waals surface area contributed by atoms with E-state index in [4.69, 9.17) is 25.8 Å². The summed E-state index contributed by atoms with van der Waals surface area (Å²) in [5.41, 5.74) is 4.61. The summed E-state index contributed by atoms with van der Waals surface area (Å²) in [5, 5.41) is 1.49. The zero-order valence-corrected chi connectivity index (χ0v) is 27.6. The van der Waals surface area contributed by atoms with Crippen LogP contribution in [0.5, 0.6) is 11.5 Å². The largest absolute Gasteiger partial charge is 0.494 e. The fraction of sp³-hybridized carbons (Fsp3) is 0.211. The van der Waals surface area contributed by atoms with Crippen LogP contribution in [-0.4, -0.2) is 64.0 Å². The van der Waals surface area contributed by atoms with Crippen molar-refractivity contribution in [2.45, 2.75) is 13.8 Å². The molecule has 0 aliphatic carbocycles. The first-order valence-corrected chi connectivity index (χ1v) is 16.2. The molecule has 1 saturated heterocycles. The zero-order chi connectivity index (χ0) is 33.1. The number of anilines is 1. The number of ether oxygens (including phenoxy) is 3. The molecule has 1 aliphatic heterocycles. The quantitative estimate of drug-likeness (QED) is 0.131. The summed E-state index contributed by atoms with van der Waals surface area (Å²) < 4.78 is 18.5. The molecule has 0 spiro atoms. The van der Waals surface area contributed by atoms with Crippen molar-refractivity contribution in [3.63, 3.8) is 0 Å². The maximum Gasteiger partial charge on any atom is 0.146 e. The topological polar surface area (TPSA) is 87.4 Å². The minimum absolute atomic E-state index is 0.427. The number of halogens is 1. The van der Waals surface area contributed by atoms with Gasteiger partial charge in [0.25, 0.3) is 0 Å². The van der Waals surface area contributed by atoms with Crippen LogP contribution in [0.2, 0.25) is 5.15 Å². The molecule has 0 radical (unpaired) electrons. The first-order chi connectivity index (χ1) is 23.6. The van der Waals surface area contributed by atoms with Crippen LogP contribution in [0.15, 0.2) is 104 Å². The number of morpholine rings is 1. The van der Waals surface area contributed by atoms with Gasteiger partial charge in [0, 0.05) is 42.5 Å². The molecule has 6 aromatic rings. The van der Waals surface area contributed by atoms with Gasteiger partial charge in [-0.1, -0.05) is 23.4 Å². The molecule has 7 rings (SSSR count). The third-order valence-corrected chi connectivity index (χ3v) is 7.79. The zero-order valence-electron chi connectivity index (χ0n) is 26.8.